The number of nitrogens with zero attached hydrogens (tertiary/aromatic N) is 1. The topological polar surface area (TPSA) is 114 Å². The number of hydrogen-bond acceptors (Lipinski definition) is 6. The minimum atomic E-state index is -1.20. The molecule has 0 aromatic heterocycles. The van der Waals surface area contributed by atoms with Crippen LogP contribution in [0.2, 0.25) is 0 Å². The van der Waals surface area contributed by atoms with Crippen molar-refractivity contribution in [2.75, 3.05) is 26.9 Å². The highest BCUT2D eigenvalue weighted by atomic mass is 16.7. The van der Waals surface area contributed by atoms with E-state index < -0.39 is 36.7 Å². The number of alkyl carbamates (subject to hydrolysis) is 1. The molecule has 2 aliphatic rings. The zero-order valence-electron chi connectivity index (χ0n) is 17.5. The second-order valence-corrected chi connectivity index (χ2v) is 7.66. The highest BCUT2D eigenvalue weighted by molar-refractivity contribution is 5.82. The van der Waals surface area contributed by atoms with Gasteiger partial charge in [-0.15, -0.1) is 0 Å². The molecule has 2 amide bonds. The van der Waals surface area contributed by atoms with Crippen LogP contribution in [-0.2, 0) is 23.9 Å². The summed E-state index contributed by atoms with van der Waals surface area (Å²) in [4.78, 5) is 40.5. The summed E-state index contributed by atoms with van der Waals surface area (Å²) in [5.74, 6) is -1.85. The molecule has 1 fully saturated rings. The van der Waals surface area contributed by atoms with Crippen molar-refractivity contribution >= 4 is 18.0 Å². The minimum Gasteiger partial charge on any atom is -0.479 e. The predicted octanol–water partition coefficient (Wildman–Crippen LogP) is 2.16. The van der Waals surface area contributed by atoms with E-state index in [0.717, 1.165) is 27.3 Å². The van der Waals surface area contributed by atoms with Crippen molar-refractivity contribution in [2.24, 2.45) is 0 Å². The average molecular weight is 440 g/mol. The first-order valence-corrected chi connectivity index (χ1v) is 10.3. The third-order valence-corrected chi connectivity index (χ3v) is 5.67. The molecule has 32 heavy (non-hydrogen) atoms. The zero-order valence-corrected chi connectivity index (χ0v) is 17.5. The Kier molecular flexibility index (Phi) is 6.38. The number of carbonyl (C=O) groups excluding carboxylic acids is 2. The summed E-state index contributed by atoms with van der Waals surface area (Å²) in [5.41, 5.74) is 4.49. The fraction of sp³-hybridized carbons (Fsp3) is 0.348. The molecule has 9 heteroatoms. The molecule has 0 bridgehead atoms. The van der Waals surface area contributed by atoms with Crippen molar-refractivity contribution in [3.8, 4) is 11.1 Å². The number of ether oxygens (including phenoxy) is 2. The number of hydroxylamine groups is 2. The van der Waals surface area contributed by atoms with Gasteiger partial charge in [-0.2, -0.15) is 0 Å². The predicted molar refractivity (Wildman–Crippen MR) is 113 cm³/mol. The average Bonchev–Trinajstić information content (AvgIpc) is 3.38. The summed E-state index contributed by atoms with van der Waals surface area (Å²) in [6.07, 6.45) is -1.20. The lowest BCUT2D eigenvalue weighted by Gasteiger charge is -2.24. The Labute approximate surface area is 184 Å². The molecule has 1 heterocycles. The van der Waals surface area contributed by atoms with Gasteiger partial charge in [0.15, 0.2) is 12.7 Å². The van der Waals surface area contributed by atoms with Gasteiger partial charge in [-0.25, -0.2) is 14.7 Å². The molecule has 2 N–H and O–H groups in total. The van der Waals surface area contributed by atoms with Crippen LogP contribution in [0.4, 0.5) is 4.79 Å². The summed E-state index contributed by atoms with van der Waals surface area (Å²) >= 11 is 0. The molecule has 0 saturated carbocycles. The van der Waals surface area contributed by atoms with Crippen LogP contribution in [-0.4, -0.2) is 67.2 Å². The van der Waals surface area contributed by atoms with Crippen LogP contribution in [0.15, 0.2) is 48.5 Å². The Balaban J connectivity index is 1.36. The molecule has 9 nitrogen and oxygen atoms in total. The number of nitrogens with one attached hydrogen (secondary N) is 1. The van der Waals surface area contributed by atoms with E-state index in [4.69, 9.17) is 19.4 Å². The number of carboxylic acids is 1. The molecule has 2 aromatic carbocycles. The first kappa shape index (κ1) is 21.8. The summed E-state index contributed by atoms with van der Waals surface area (Å²) < 4.78 is 11.0. The highest BCUT2D eigenvalue weighted by Crippen LogP contribution is 2.44. The van der Waals surface area contributed by atoms with Gasteiger partial charge in [0.1, 0.15) is 6.61 Å². The second-order valence-electron chi connectivity index (χ2n) is 7.66. The lowest BCUT2D eigenvalue weighted by atomic mass is 9.98. The molecule has 1 aliphatic heterocycles. The van der Waals surface area contributed by atoms with Gasteiger partial charge in [0.05, 0.1) is 6.04 Å². The Morgan fingerprint density at radius 1 is 1.09 bits per heavy atom. The lowest BCUT2D eigenvalue weighted by molar-refractivity contribution is -0.193. The fourth-order valence-corrected chi connectivity index (χ4v) is 4.17. The normalized spacial score (nSPS) is 19.2. The van der Waals surface area contributed by atoms with Crippen molar-refractivity contribution in [1.82, 2.24) is 10.4 Å². The minimum absolute atomic E-state index is 0.0686. The largest absolute Gasteiger partial charge is 0.479 e. The molecule has 0 spiro atoms. The number of amides is 2. The molecule has 2 aromatic rings. The van der Waals surface area contributed by atoms with E-state index in [-0.39, 0.29) is 19.1 Å². The molecule has 168 valence electrons. The number of carbonyl (C=O) groups is 3. The quantitative estimate of drug-likeness (QED) is 0.634. The van der Waals surface area contributed by atoms with E-state index in [1.807, 2.05) is 36.4 Å². The summed E-state index contributed by atoms with van der Waals surface area (Å²) in [7, 11) is 1.30. The Morgan fingerprint density at radius 2 is 1.72 bits per heavy atom. The van der Waals surface area contributed by atoms with Gasteiger partial charge in [-0.05, 0) is 28.7 Å². The molecule has 2 atom stereocenters. The van der Waals surface area contributed by atoms with Crippen LogP contribution < -0.4 is 5.32 Å². The Hall–Kier alpha value is -3.43. The summed E-state index contributed by atoms with van der Waals surface area (Å²) in [6, 6.07) is 15.5. The van der Waals surface area contributed by atoms with Crippen LogP contribution in [0, 0.1) is 0 Å². The Morgan fingerprint density at radius 3 is 2.34 bits per heavy atom. The van der Waals surface area contributed by atoms with Crippen LogP contribution in [0.5, 0.6) is 0 Å². The molecule has 0 unspecified atom stereocenters. The number of rotatable bonds is 7. The molecule has 4 rings (SSSR count). The Bertz CT molecular complexity index is 979. The monoisotopic (exact) mass is 440 g/mol. The van der Waals surface area contributed by atoms with Crippen molar-refractivity contribution in [3.05, 3.63) is 59.7 Å². The highest BCUT2D eigenvalue weighted by Gasteiger charge is 2.38. The maximum Gasteiger partial charge on any atom is 0.407 e. The SMILES string of the molecule is CN(OCC(=O)O)C(=O)[C@@H]1OCC[C@@H]1NC(=O)OCC1c2ccccc2-c2ccccc21. The number of fused-ring (bicyclic) bond motifs is 3. The van der Waals surface area contributed by atoms with Crippen LogP contribution >= 0.6 is 0 Å². The van der Waals surface area contributed by atoms with E-state index >= 15 is 0 Å². The number of aliphatic carboxylic acids is 1. The van der Waals surface area contributed by atoms with Gasteiger partial charge in [-0.1, -0.05) is 48.5 Å². The van der Waals surface area contributed by atoms with E-state index in [2.05, 4.69) is 17.4 Å². The smallest absolute Gasteiger partial charge is 0.407 e. The van der Waals surface area contributed by atoms with E-state index in [9.17, 15) is 14.4 Å². The van der Waals surface area contributed by atoms with Gasteiger partial charge in [0.25, 0.3) is 5.91 Å². The van der Waals surface area contributed by atoms with Crippen molar-refractivity contribution < 1.29 is 33.8 Å². The van der Waals surface area contributed by atoms with Crippen molar-refractivity contribution in [2.45, 2.75) is 24.5 Å². The second kappa shape index (κ2) is 9.37. The van der Waals surface area contributed by atoms with Crippen LogP contribution in [0.25, 0.3) is 11.1 Å². The maximum atomic E-state index is 12.5. The van der Waals surface area contributed by atoms with E-state index in [0.29, 0.717) is 6.42 Å². The maximum absolute atomic E-state index is 12.5. The zero-order chi connectivity index (χ0) is 22.7. The van der Waals surface area contributed by atoms with E-state index in [1.54, 1.807) is 0 Å². The van der Waals surface area contributed by atoms with Gasteiger partial charge in [-0.3, -0.25) is 9.63 Å². The molecule has 1 aliphatic carbocycles. The number of carboxylic acid groups (broad SMARTS) is 1. The third-order valence-electron chi connectivity index (χ3n) is 5.67. The number of hydrogen-bond donors (Lipinski definition) is 2. The fourth-order valence-electron chi connectivity index (χ4n) is 4.17. The van der Waals surface area contributed by atoms with Gasteiger partial charge in [0, 0.05) is 19.6 Å². The number of benzene rings is 2. The number of likely N-dealkylation sites (N-methyl/N-ethyl adjacent to an activating group) is 1. The lowest BCUT2D eigenvalue weighted by Crippen LogP contribution is -2.49. The standard InChI is InChI=1S/C23H24N2O7/c1-25(32-13-20(26)27)22(28)21-19(10-11-30-21)24-23(29)31-12-18-16-8-4-2-6-14(16)15-7-3-5-9-17(15)18/h2-9,18-19,21H,10-13H2,1H3,(H,24,29)(H,26,27)/t19-,21+/m0/s1. The van der Waals surface area contributed by atoms with Crippen molar-refractivity contribution in [1.29, 1.82) is 0 Å². The summed E-state index contributed by atoms with van der Waals surface area (Å²) in [5, 5.41) is 12.2. The van der Waals surface area contributed by atoms with Gasteiger partial charge in [0.2, 0.25) is 0 Å². The molecule has 1 saturated heterocycles. The van der Waals surface area contributed by atoms with E-state index in [1.165, 1.54) is 7.05 Å². The summed E-state index contributed by atoms with van der Waals surface area (Å²) in [6.45, 7) is -0.218. The first-order chi connectivity index (χ1) is 15.5. The molecular formula is C23H24N2O7. The van der Waals surface area contributed by atoms with Crippen molar-refractivity contribution in [3.63, 3.8) is 0 Å². The van der Waals surface area contributed by atoms with Crippen LogP contribution in [0.1, 0.15) is 23.5 Å². The van der Waals surface area contributed by atoms with Crippen LogP contribution in [0.3, 0.4) is 0 Å². The first-order valence-electron chi connectivity index (χ1n) is 10.3. The molecular weight excluding hydrogens is 416 g/mol. The van der Waals surface area contributed by atoms with Gasteiger partial charge < -0.3 is 19.9 Å². The molecule has 0 radical (unpaired) electrons. The third kappa shape index (κ3) is 4.44. The van der Waals surface area contributed by atoms with Gasteiger partial charge >= 0.3 is 12.1 Å².